The molecule has 0 spiro atoms. The van der Waals surface area contributed by atoms with Gasteiger partial charge in [0.15, 0.2) is 0 Å². The Labute approximate surface area is 162 Å². The quantitative estimate of drug-likeness (QED) is 0.636. The molecule has 2 aromatic rings. The smallest absolute Gasteiger partial charge is 0.251 e. The SMILES string of the molecule is O=C(CSc1cccs1)Nc1ccc(C(=O)NCC2CCCNC2)cc1. The molecule has 26 heavy (non-hydrogen) atoms. The minimum atomic E-state index is -0.0679. The van der Waals surface area contributed by atoms with Crippen molar-refractivity contribution in [2.75, 3.05) is 30.7 Å². The number of carbonyl (C=O) groups excluding carboxylic acids is 2. The maximum absolute atomic E-state index is 12.2. The molecule has 0 saturated carbocycles. The predicted molar refractivity (Wildman–Crippen MR) is 108 cm³/mol. The Kier molecular flexibility index (Phi) is 7.11. The number of hydrogen-bond acceptors (Lipinski definition) is 5. The molecule has 2 amide bonds. The lowest BCUT2D eigenvalue weighted by Crippen LogP contribution is -2.38. The van der Waals surface area contributed by atoms with E-state index in [1.807, 2.05) is 17.5 Å². The van der Waals surface area contributed by atoms with Crippen molar-refractivity contribution in [1.29, 1.82) is 0 Å². The van der Waals surface area contributed by atoms with Gasteiger partial charge in [-0.2, -0.15) is 0 Å². The number of amides is 2. The monoisotopic (exact) mass is 389 g/mol. The maximum atomic E-state index is 12.2. The number of hydrogen-bond donors (Lipinski definition) is 3. The van der Waals surface area contributed by atoms with Gasteiger partial charge in [-0.05, 0) is 67.6 Å². The van der Waals surface area contributed by atoms with E-state index in [1.54, 1.807) is 35.6 Å². The summed E-state index contributed by atoms with van der Waals surface area (Å²) >= 11 is 3.15. The van der Waals surface area contributed by atoms with Crippen LogP contribution in [0.3, 0.4) is 0 Å². The van der Waals surface area contributed by atoms with E-state index in [4.69, 9.17) is 0 Å². The number of thioether (sulfide) groups is 1. The summed E-state index contributed by atoms with van der Waals surface area (Å²) in [5.74, 6) is 0.761. The van der Waals surface area contributed by atoms with Crippen molar-refractivity contribution in [1.82, 2.24) is 10.6 Å². The fraction of sp³-hybridized carbons (Fsp3) is 0.368. The van der Waals surface area contributed by atoms with Crippen LogP contribution in [0.2, 0.25) is 0 Å². The molecule has 1 atom stereocenters. The van der Waals surface area contributed by atoms with Gasteiger partial charge in [-0.3, -0.25) is 9.59 Å². The number of piperidine rings is 1. The van der Waals surface area contributed by atoms with Crippen molar-refractivity contribution in [3.63, 3.8) is 0 Å². The Hall–Kier alpha value is -1.83. The third kappa shape index (κ3) is 5.86. The van der Waals surface area contributed by atoms with Gasteiger partial charge in [0.25, 0.3) is 5.91 Å². The highest BCUT2D eigenvalue weighted by atomic mass is 32.2. The highest BCUT2D eigenvalue weighted by Crippen LogP contribution is 2.23. The Morgan fingerprint density at radius 1 is 1.23 bits per heavy atom. The van der Waals surface area contributed by atoms with Crippen LogP contribution in [-0.2, 0) is 4.79 Å². The second-order valence-electron chi connectivity index (χ2n) is 6.27. The first-order valence-electron chi connectivity index (χ1n) is 8.76. The molecule has 1 aromatic heterocycles. The molecule has 0 bridgehead atoms. The van der Waals surface area contributed by atoms with Crippen molar-refractivity contribution in [2.45, 2.75) is 17.1 Å². The number of anilines is 1. The molecule has 1 fully saturated rings. The molecule has 0 radical (unpaired) electrons. The highest BCUT2D eigenvalue weighted by molar-refractivity contribution is 8.01. The summed E-state index contributed by atoms with van der Waals surface area (Å²) in [6.45, 7) is 2.74. The van der Waals surface area contributed by atoms with Gasteiger partial charge in [-0.1, -0.05) is 6.07 Å². The van der Waals surface area contributed by atoms with Crippen LogP contribution in [0.1, 0.15) is 23.2 Å². The highest BCUT2D eigenvalue weighted by Gasteiger charge is 2.14. The molecule has 1 aliphatic heterocycles. The summed E-state index contributed by atoms with van der Waals surface area (Å²) in [7, 11) is 0. The van der Waals surface area contributed by atoms with Crippen LogP contribution >= 0.6 is 23.1 Å². The van der Waals surface area contributed by atoms with Gasteiger partial charge in [0, 0.05) is 17.8 Å². The van der Waals surface area contributed by atoms with Crippen LogP contribution in [0.15, 0.2) is 46.0 Å². The first kappa shape index (κ1) is 18.9. The molecule has 1 unspecified atom stereocenters. The van der Waals surface area contributed by atoms with E-state index in [-0.39, 0.29) is 11.8 Å². The topological polar surface area (TPSA) is 70.2 Å². The van der Waals surface area contributed by atoms with Gasteiger partial charge >= 0.3 is 0 Å². The van der Waals surface area contributed by atoms with E-state index in [2.05, 4.69) is 16.0 Å². The summed E-state index contributed by atoms with van der Waals surface area (Å²) in [6, 6.07) is 11.0. The molecular weight excluding hydrogens is 366 g/mol. The standard InChI is InChI=1S/C19H23N3O2S2/c23-17(13-26-18-4-2-10-25-18)22-16-7-5-15(6-8-16)19(24)21-12-14-3-1-9-20-11-14/h2,4-8,10,14,20H,1,3,9,11-13H2,(H,21,24)(H,22,23). The van der Waals surface area contributed by atoms with Gasteiger partial charge in [0.1, 0.15) is 0 Å². The minimum absolute atomic E-state index is 0.0506. The zero-order valence-corrected chi connectivity index (χ0v) is 16.1. The zero-order chi connectivity index (χ0) is 18.2. The third-order valence-electron chi connectivity index (χ3n) is 4.22. The summed E-state index contributed by atoms with van der Waals surface area (Å²) in [4.78, 5) is 24.2. The molecule has 5 nitrogen and oxygen atoms in total. The summed E-state index contributed by atoms with van der Waals surface area (Å²) in [5.41, 5.74) is 1.31. The van der Waals surface area contributed by atoms with Gasteiger partial charge < -0.3 is 16.0 Å². The lowest BCUT2D eigenvalue weighted by Gasteiger charge is -2.22. The van der Waals surface area contributed by atoms with Crippen LogP contribution in [0, 0.1) is 5.92 Å². The molecular formula is C19H23N3O2S2. The molecule has 1 aliphatic rings. The molecule has 1 saturated heterocycles. The second kappa shape index (κ2) is 9.75. The van der Waals surface area contributed by atoms with Crippen LogP contribution in [-0.4, -0.2) is 37.2 Å². The Morgan fingerprint density at radius 3 is 2.77 bits per heavy atom. The predicted octanol–water partition coefficient (Wildman–Crippen LogP) is 3.21. The Bertz CT molecular complexity index is 711. The molecule has 0 aliphatic carbocycles. The van der Waals surface area contributed by atoms with E-state index < -0.39 is 0 Å². The maximum Gasteiger partial charge on any atom is 0.251 e. The van der Waals surface area contributed by atoms with Crippen LogP contribution < -0.4 is 16.0 Å². The molecule has 2 heterocycles. The van der Waals surface area contributed by atoms with Crippen LogP contribution in [0.5, 0.6) is 0 Å². The van der Waals surface area contributed by atoms with Crippen molar-refractivity contribution >= 4 is 40.6 Å². The van der Waals surface area contributed by atoms with Gasteiger partial charge in [-0.25, -0.2) is 0 Å². The lowest BCUT2D eigenvalue weighted by atomic mass is 9.99. The average Bonchev–Trinajstić information content (AvgIpc) is 3.19. The molecule has 3 N–H and O–H groups in total. The lowest BCUT2D eigenvalue weighted by molar-refractivity contribution is -0.113. The largest absolute Gasteiger partial charge is 0.352 e. The third-order valence-corrected chi connectivity index (χ3v) is 6.35. The van der Waals surface area contributed by atoms with Gasteiger partial charge in [0.2, 0.25) is 5.91 Å². The number of carbonyl (C=O) groups is 2. The van der Waals surface area contributed by atoms with Gasteiger partial charge in [0.05, 0.1) is 9.96 Å². The Balaban J connectivity index is 1.43. The summed E-state index contributed by atoms with van der Waals surface area (Å²) in [6.07, 6.45) is 2.32. The van der Waals surface area contributed by atoms with E-state index in [0.29, 0.717) is 29.5 Å². The normalized spacial score (nSPS) is 16.8. The number of rotatable bonds is 7. The molecule has 7 heteroatoms. The van der Waals surface area contributed by atoms with Crippen molar-refractivity contribution < 1.29 is 9.59 Å². The van der Waals surface area contributed by atoms with Crippen molar-refractivity contribution in [3.8, 4) is 0 Å². The molecule has 1 aromatic carbocycles. The minimum Gasteiger partial charge on any atom is -0.352 e. The first-order chi connectivity index (χ1) is 12.7. The van der Waals surface area contributed by atoms with E-state index in [0.717, 1.165) is 23.7 Å². The fourth-order valence-corrected chi connectivity index (χ4v) is 4.41. The number of benzene rings is 1. The second-order valence-corrected chi connectivity index (χ2v) is 8.49. The summed E-state index contributed by atoms with van der Waals surface area (Å²) < 4.78 is 1.13. The molecule has 3 rings (SSSR count). The number of thiophene rings is 1. The van der Waals surface area contributed by atoms with Crippen LogP contribution in [0.4, 0.5) is 5.69 Å². The fourth-order valence-electron chi connectivity index (χ4n) is 2.82. The van der Waals surface area contributed by atoms with Crippen molar-refractivity contribution in [3.05, 3.63) is 47.3 Å². The van der Waals surface area contributed by atoms with Crippen molar-refractivity contribution in [2.24, 2.45) is 5.92 Å². The zero-order valence-electron chi connectivity index (χ0n) is 14.5. The van der Waals surface area contributed by atoms with E-state index in [9.17, 15) is 9.59 Å². The van der Waals surface area contributed by atoms with Gasteiger partial charge in [-0.15, -0.1) is 23.1 Å². The average molecular weight is 390 g/mol. The first-order valence-corrected chi connectivity index (χ1v) is 10.6. The summed E-state index contributed by atoms with van der Waals surface area (Å²) in [5, 5.41) is 11.2. The number of nitrogens with one attached hydrogen (secondary N) is 3. The van der Waals surface area contributed by atoms with Crippen LogP contribution in [0.25, 0.3) is 0 Å². The van der Waals surface area contributed by atoms with E-state index >= 15 is 0 Å². The Morgan fingerprint density at radius 2 is 2.08 bits per heavy atom. The molecule has 138 valence electrons. The van der Waals surface area contributed by atoms with E-state index in [1.165, 1.54) is 18.2 Å².